The van der Waals surface area contributed by atoms with Gasteiger partial charge in [-0.25, -0.2) is 0 Å². The molecule has 0 aliphatic rings. The lowest BCUT2D eigenvalue weighted by molar-refractivity contribution is -0.156. The van der Waals surface area contributed by atoms with Gasteiger partial charge in [0, 0.05) is 13.8 Å². The van der Waals surface area contributed by atoms with Crippen molar-refractivity contribution in [2.24, 2.45) is 0 Å². The summed E-state index contributed by atoms with van der Waals surface area (Å²) in [6.07, 6.45) is 0. The van der Waals surface area contributed by atoms with Gasteiger partial charge in [0.2, 0.25) is 0 Å². The molecule has 1 aromatic rings. The van der Waals surface area contributed by atoms with Crippen LogP contribution in [0.2, 0.25) is 0 Å². The van der Waals surface area contributed by atoms with Crippen molar-refractivity contribution in [1.29, 1.82) is 0 Å². The maximum absolute atomic E-state index is 9.81. The fourth-order valence-corrected chi connectivity index (χ4v) is 0.587. The lowest BCUT2D eigenvalue weighted by atomic mass is 10.4. The van der Waals surface area contributed by atoms with Crippen LogP contribution in [0.15, 0.2) is 36.4 Å². The van der Waals surface area contributed by atoms with Gasteiger partial charge in [-0.15, -0.1) is 0 Å². The SMILES string of the molecule is CC(=O)OC(C)=O.O.c1ccccc1. The lowest BCUT2D eigenvalue weighted by Crippen LogP contribution is -2.03. The minimum atomic E-state index is -0.562. The number of esters is 2. The van der Waals surface area contributed by atoms with Crippen molar-refractivity contribution in [3.05, 3.63) is 36.4 Å². The molecule has 0 unspecified atom stereocenters. The summed E-state index contributed by atoms with van der Waals surface area (Å²) in [5.74, 6) is -1.12. The number of carbonyl (C=O) groups excluding carboxylic acids is 2. The summed E-state index contributed by atoms with van der Waals surface area (Å²) in [6, 6.07) is 12.0. The van der Waals surface area contributed by atoms with E-state index in [-0.39, 0.29) is 5.48 Å². The highest BCUT2D eigenvalue weighted by molar-refractivity contribution is 5.82. The van der Waals surface area contributed by atoms with E-state index in [1.54, 1.807) is 0 Å². The van der Waals surface area contributed by atoms with Gasteiger partial charge in [0.25, 0.3) is 0 Å². The van der Waals surface area contributed by atoms with Crippen molar-refractivity contribution in [1.82, 2.24) is 0 Å². The molecule has 0 amide bonds. The Hall–Kier alpha value is -1.68. The summed E-state index contributed by atoms with van der Waals surface area (Å²) in [5, 5.41) is 0. The Morgan fingerprint density at radius 1 is 0.786 bits per heavy atom. The topological polar surface area (TPSA) is 74.9 Å². The molecule has 0 aromatic heterocycles. The molecule has 1 aromatic carbocycles. The van der Waals surface area contributed by atoms with E-state index in [9.17, 15) is 9.59 Å². The number of benzene rings is 1. The largest absolute Gasteiger partial charge is 0.412 e. The molecule has 0 fully saturated rings. The van der Waals surface area contributed by atoms with Gasteiger partial charge in [-0.3, -0.25) is 9.59 Å². The number of carbonyl (C=O) groups is 2. The summed E-state index contributed by atoms with van der Waals surface area (Å²) in [7, 11) is 0. The first-order valence-corrected chi connectivity index (χ1v) is 3.82. The summed E-state index contributed by atoms with van der Waals surface area (Å²) < 4.78 is 3.97. The summed E-state index contributed by atoms with van der Waals surface area (Å²) in [4.78, 5) is 19.6. The first-order valence-electron chi connectivity index (χ1n) is 3.82. The summed E-state index contributed by atoms with van der Waals surface area (Å²) >= 11 is 0. The Bertz CT molecular complexity index is 217. The molecule has 0 saturated carbocycles. The number of rotatable bonds is 0. The molecule has 14 heavy (non-hydrogen) atoms. The molecule has 78 valence electrons. The highest BCUT2D eigenvalue weighted by Gasteiger charge is 1.93. The van der Waals surface area contributed by atoms with Gasteiger partial charge < -0.3 is 10.2 Å². The first kappa shape index (κ1) is 14.8. The van der Waals surface area contributed by atoms with Crippen molar-refractivity contribution in [3.8, 4) is 0 Å². The third-order valence-electron chi connectivity index (χ3n) is 0.954. The van der Waals surface area contributed by atoms with Crippen LogP contribution in [0.5, 0.6) is 0 Å². The van der Waals surface area contributed by atoms with Gasteiger partial charge in [-0.2, -0.15) is 0 Å². The fraction of sp³-hybridized carbons (Fsp3) is 0.200. The Labute approximate surface area is 82.8 Å². The molecule has 0 heterocycles. The second kappa shape index (κ2) is 9.41. The molecule has 4 nitrogen and oxygen atoms in total. The van der Waals surface area contributed by atoms with Crippen LogP contribution in [0.3, 0.4) is 0 Å². The van der Waals surface area contributed by atoms with Crippen LogP contribution >= 0.6 is 0 Å². The molecule has 1 rings (SSSR count). The van der Waals surface area contributed by atoms with E-state index in [0.29, 0.717) is 0 Å². The Morgan fingerprint density at radius 2 is 1.00 bits per heavy atom. The minimum Gasteiger partial charge on any atom is -0.412 e. The fourth-order valence-electron chi connectivity index (χ4n) is 0.587. The molecule has 0 spiro atoms. The van der Waals surface area contributed by atoms with Gasteiger partial charge in [-0.05, 0) is 0 Å². The average molecular weight is 198 g/mol. The van der Waals surface area contributed by atoms with Crippen LogP contribution in [0, 0.1) is 0 Å². The molecule has 0 radical (unpaired) electrons. The summed E-state index contributed by atoms with van der Waals surface area (Å²) in [5.41, 5.74) is 0. The Balaban J connectivity index is 0. The molecule has 0 saturated heterocycles. The van der Waals surface area contributed by atoms with Crippen molar-refractivity contribution in [3.63, 3.8) is 0 Å². The molecule has 0 aliphatic heterocycles. The smallest absolute Gasteiger partial charge is 0.310 e. The quantitative estimate of drug-likeness (QED) is 0.460. The Morgan fingerprint density at radius 3 is 1.07 bits per heavy atom. The molecule has 0 bridgehead atoms. The van der Waals surface area contributed by atoms with Crippen LogP contribution in [0.25, 0.3) is 0 Å². The predicted octanol–water partition coefficient (Wildman–Crippen LogP) is 0.958. The number of ether oxygens (including phenoxy) is 1. The normalized spacial score (nSPS) is 7.29. The van der Waals surface area contributed by atoms with E-state index in [4.69, 9.17) is 0 Å². The Kier molecular flexibility index (Phi) is 9.96. The lowest BCUT2D eigenvalue weighted by Gasteiger charge is -1.87. The van der Waals surface area contributed by atoms with Gasteiger partial charge in [0.1, 0.15) is 0 Å². The maximum atomic E-state index is 9.81. The molecule has 4 heteroatoms. The number of hydrogen-bond donors (Lipinski definition) is 0. The van der Waals surface area contributed by atoms with Crippen molar-refractivity contribution in [2.75, 3.05) is 0 Å². The molecule has 2 N–H and O–H groups in total. The van der Waals surface area contributed by atoms with Crippen LogP contribution < -0.4 is 0 Å². The van der Waals surface area contributed by atoms with Gasteiger partial charge in [-0.1, -0.05) is 36.4 Å². The van der Waals surface area contributed by atoms with Gasteiger partial charge >= 0.3 is 11.9 Å². The zero-order valence-electron chi connectivity index (χ0n) is 8.19. The third kappa shape index (κ3) is 12.9. The zero-order chi connectivity index (χ0) is 10.1. The van der Waals surface area contributed by atoms with Gasteiger partial charge in [0.05, 0.1) is 0 Å². The zero-order valence-corrected chi connectivity index (χ0v) is 8.19. The van der Waals surface area contributed by atoms with E-state index in [1.165, 1.54) is 13.8 Å². The van der Waals surface area contributed by atoms with E-state index < -0.39 is 11.9 Å². The van der Waals surface area contributed by atoms with E-state index in [1.807, 2.05) is 36.4 Å². The van der Waals surface area contributed by atoms with Crippen molar-refractivity contribution < 1.29 is 19.8 Å². The molecular weight excluding hydrogens is 184 g/mol. The maximum Gasteiger partial charge on any atom is 0.310 e. The second-order valence-corrected chi connectivity index (χ2v) is 2.24. The van der Waals surface area contributed by atoms with E-state index in [2.05, 4.69) is 4.74 Å². The second-order valence-electron chi connectivity index (χ2n) is 2.24. The molecule has 0 aliphatic carbocycles. The van der Waals surface area contributed by atoms with Crippen LogP contribution in [0.1, 0.15) is 13.8 Å². The van der Waals surface area contributed by atoms with E-state index >= 15 is 0 Å². The molecular formula is C10H14O4. The van der Waals surface area contributed by atoms with Crippen LogP contribution in [-0.2, 0) is 14.3 Å². The number of hydrogen-bond acceptors (Lipinski definition) is 3. The minimum absolute atomic E-state index is 0. The molecule has 0 atom stereocenters. The summed E-state index contributed by atoms with van der Waals surface area (Å²) in [6.45, 7) is 2.36. The van der Waals surface area contributed by atoms with Gasteiger partial charge in [0.15, 0.2) is 0 Å². The standard InChI is InChI=1S/C6H6.C4H6O3.H2O/c1-2-4-6-5-3-1;1-3(5)7-4(2)6;/h1-6H;1-2H3;1H2. The van der Waals surface area contributed by atoms with E-state index in [0.717, 1.165) is 0 Å². The highest BCUT2D eigenvalue weighted by Crippen LogP contribution is 1.79. The van der Waals surface area contributed by atoms with Crippen LogP contribution in [0.4, 0.5) is 0 Å². The predicted molar refractivity (Wildman–Crippen MR) is 52.5 cm³/mol. The van der Waals surface area contributed by atoms with Crippen molar-refractivity contribution in [2.45, 2.75) is 13.8 Å². The monoisotopic (exact) mass is 198 g/mol. The van der Waals surface area contributed by atoms with Crippen molar-refractivity contribution >= 4 is 11.9 Å². The first-order chi connectivity index (χ1) is 6.13. The van der Waals surface area contributed by atoms with Crippen LogP contribution in [-0.4, -0.2) is 17.4 Å². The third-order valence-corrected chi connectivity index (χ3v) is 0.954. The highest BCUT2D eigenvalue weighted by atomic mass is 16.6. The average Bonchev–Trinajstić information content (AvgIpc) is 2.06.